The van der Waals surface area contributed by atoms with Crippen molar-refractivity contribution in [2.45, 2.75) is 71.4 Å². The maximum Gasteiger partial charge on any atom is 0.317 e. The van der Waals surface area contributed by atoms with Gasteiger partial charge in [0.15, 0.2) is 0 Å². The van der Waals surface area contributed by atoms with E-state index >= 15 is 0 Å². The van der Waals surface area contributed by atoms with Crippen molar-refractivity contribution in [1.82, 2.24) is 20.1 Å². The predicted molar refractivity (Wildman–Crippen MR) is 135 cm³/mol. The highest BCUT2D eigenvalue weighted by Gasteiger charge is 2.34. The van der Waals surface area contributed by atoms with Crippen LogP contribution < -0.4 is 10.1 Å². The van der Waals surface area contributed by atoms with Crippen molar-refractivity contribution in [3.63, 3.8) is 0 Å². The fraction of sp³-hybridized carbons (Fsp3) is 0.667. The van der Waals surface area contributed by atoms with Gasteiger partial charge in [0.2, 0.25) is 5.88 Å². The molecule has 1 saturated carbocycles. The minimum Gasteiger partial charge on any atom is -0.472 e. The number of aliphatic hydroxyl groups excluding tert-OH is 1. The number of likely N-dealkylation sites (N-methyl/N-ethyl adjacent to an activating group) is 1. The number of carbonyl (C=O) groups excluding carboxylic acids is 2. The van der Waals surface area contributed by atoms with Crippen LogP contribution in [0.5, 0.6) is 5.88 Å². The van der Waals surface area contributed by atoms with Gasteiger partial charge in [0.25, 0.3) is 5.91 Å². The molecule has 0 aromatic carbocycles. The summed E-state index contributed by atoms with van der Waals surface area (Å²) in [6.45, 7) is 7.02. The molecule has 0 bridgehead atoms. The molecule has 0 unspecified atom stereocenters. The third-order valence-corrected chi connectivity index (χ3v) is 6.87. The first-order valence-electron chi connectivity index (χ1n) is 12.9. The Kier molecular flexibility index (Phi) is 9.79. The molecule has 2 heterocycles. The number of ether oxygens (including phenoxy) is 1. The predicted octanol–water partition coefficient (Wildman–Crippen LogP) is 3.28. The zero-order valence-electron chi connectivity index (χ0n) is 21.5. The van der Waals surface area contributed by atoms with Gasteiger partial charge in [-0.2, -0.15) is 0 Å². The van der Waals surface area contributed by atoms with Gasteiger partial charge in [-0.1, -0.05) is 45.0 Å². The number of hydrogen-bond donors (Lipinski definition) is 2. The summed E-state index contributed by atoms with van der Waals surface area (Å²) in [5.74, 6) is 6.89. The third-order valence-electron chi connectivity index (χ3n) is 6.87. The first-order chi connectivity index (χ1) is 16.8. The number of aromatic nitrogens is 1. The molecule has 8 nitrogen and oxygen atoms in total. The average molecular weight is 485 g/mol. The number of nitrogens with one attached hydrogen (secondary N) is 1. The number of aliphatic hydroxyl groups is 1. The highest BCUT2D eigenvalue weighted by Crippen LogP contribution is 2.28. The van der Waals surface area contributed by atoms with Gasteiger partial charge in [0, 0.05) is 43.7 Å². The molecule has 1 fully saturated rings. The van der Waals surface area contributed by atoms with Crippen molar-refractivity contribution in [3.05, 3.63) is 23.4 Å². The van der Waals surface area contributed by atoms with Gasteiger partial charge in [-0.15, -0.1) is 0 Å². The van der Waals surface area contributed by atoms with E-state index in [0.29, 0.717) is 36.7 Å². The second kappa shape index (κ2) is 12.8. The molecule has 1 aliphatic heterocycles. The average Bonchev–Trinajstić information content (AvgIpc) is 2.88. The largest absolute Gasteiger partial charge is 0.472 e. The van der Waals surface area contributed by atoms with E-state index in [1.54, 1.807) is 29.1 Å². The number of pyridine rings is 1. The van der Waals surface area contributed by atoms with Crippen LogP contribution >= 0.6 is 0 Å². The van der Waals surface area contributed by atoms with Gasteiger partial charge in [0.1, 0.15) is 11.7 Å². The van der Waals surface area contributed by atoms with E-state index in [-0.39, 0.29) is 42.5 Å². The van der Waals surface area contributed by atoms with Crippen LogP contribution in [-0.4, -0.2) is 77.3 Å². The Morgan fingerprint density at radius 1 is 1.37 bits per heavy atom. The fourth-order valence-corrected chi connectivity index (χ4v) is 4.54. The number of fused-ring (bicyclic) bond motifs is 1. The summed E-state index contributed by atoms with van der Waals surface area (Å²) in [5.41, 5.74) is 1.03. The molecule has 1 aromatic rings. The zero-order chi connectivity index (χ0) is 25.4. The summed E-state index contributed by atoms with van der Waals surface area (Å²) in [6.07, 6.45) is 8.08. The van der Waals surface area contributed by atoms with Crippen molar-refractivity contribution in [1.29, 1.82) is 0 Å². The van der Waals surface area contributed by atoms with Crippen LogP contribution in [0.4, 0.5) is 4.79 Å². The molecule has 0 saturated heterocycles. The fourth-order valence-electron chi connectivity index (χ4n) is 4.54. The Morgan fingerprint density at radius 2 is 2.11 bits per heavy atom. The Hall–Kier alpha value is -2.79. The van der Waals surface area contributed by atoms with Gasteiger partial charge in [-0.25, -0.2) is 9.78 Å². The second-order valence-electron chi connectivity index (χ2n) is 9.92. The molecule has 192 valence electrons. The molecular formula is C27H40N4O4. The van der Waals surface area contributed by atoms with Crippen LogP contribution in [0.2, 0.25) is 0 Å². The summed E-state index contributed by atoms with van der Waals surface area (Å²) in [4.78, 5) is 33.7. The molecule has 0 spiro atoms. The van der Waals surface area contributed by atoms with Gasteiger partial charge in [0.05, 0.1) is 19.2 Å². The Morgan fingerprint density at radius 3 is 2.80 bits per heavy atom. The number of rotatable bonds is 6. The number of urea groups is 1. The smallest absolute Gasteiger partial charge is 0.317 e. The number of carbonyl (C=O) groups is 2. The zero-order valence-corrected chi connectivity index (χ0v) is 21.5. The summed E-state index contributed by atoms with van der Waals surface area (Å²) in [7, 11) is 1.73. The van der Waals surface area contributed by atoms with E-state index in [1.165, 1.54) is 19.3 Å². The minimum absolute atomic E-state index is 0.0879. The lowest BCUT2D eigenvalue weighted by Crippen LogP contribution is -2.51. The van der Waals surface area contributed by atoms with Crippen LogP contribution in [0, 0.1) is 23.7 Å². The molecule has 3 rings (SSSR count). The summed E-state index contributed by atoms with van der Waals surface area (Å²) in [6, 6.07) is 1.23. The van der Waals surface area contributed by atoms with Crippen LogP contribution in [0.25, 0.3) is 0 Å². The van der Waals surface area contributed by atoms with Gasteiger partial charge in [-0.3, -0.25) is 4.79 Å². The third kappa shape index (κ3) is 7.11. The molecule has 8 heteroatoms. The molecule has 1 aromatic heterocycles. The minimum atomic E-state index is -0.376. The molecule has 2 aliphatic rings. The quantitative estimate of drug-likeness (QED) is 0.605. The van der Waals surface area contributed by atoms with E-state index in [1.807, 2.05) is 20.8 Å². The molecule has 2 N–H and O–H groups in total. The lowest BCUT2D eigenvalue weighted by atomic mass is 9.90. The van der Waals surface area contributed by atoms with Crippen molar-refractivity contribution in [2.24, 2.45) is 11.8 Å². The lowest BCUT2D eigenvalue weighted by Gasteiger charge is -2.37. The highest BCUT2D eigenvalue weighted by atomic mass is 16.5. The van der Waals surface area contributed by atoms with Gasteiger partial charge < -0.3 is 25.0 Å². The highest BCUT2D eigenvalue weighted by molar-refractivity contribution is 5.97. The molecule has 0 radical (unpaired) electrons. The summed E-state index contributed by atoms with van der Waals surface area (Å²) < 4.78 is 6.27. The van der Waals surface area contributed by atoms with E-state index in [2.05, 4.69) is 22.1 Å². The normalized spacial score (nSPS) is 21.5. The number of hydrogen-bond acceptors (Lipinski definition) is 5. The van der Waals surface area contributed by atoms with E-state index in [4.69, 9.17) is 4.74 Å². The summed E-state index contributed by atoms with van der Waals surface area (Å²) in [5, 5.41) is 12.7. The van der Waals surface area contributed by atoms with Crippen molar-refractivity contribution in [2.75, 3.05) is 33.3 Å². The van der Waals surface area contributed by atoms with Gasteiger partial charge >= 0.3 is 6.03 Å². The lowest BCUT2D eigenvalue weighted by molar-refractivity contribution is 0.0352. The maximum absolute atomic E-state index is 13.5. The standard InChI is InChI=1S/C27H40N4O4/c1-5-13-28-27(34)30(4)17-24-19(2)16-31(20(3)18-32)26(33)23-14-22(15-29-25(23)35-24)12-11-21-9-7-6-8-10-21/h14-15,19-21,24,32H,5-10,13,16-18H2,1-4H3,(H,28,34)/t19-,20+,24-/m1/s1. The van der Waals surface area contributed by atoms with Crippen molar-refractivity contribution in [3.8, 4) is 17.7 Å². The van der Waals surface area contributed by atoms with E-state index < -0.39 is 0 Å². The monoisotopic (exact) mass is 484 g/mol. The molecule has 1 aliphatic carbocycles. The van der Waals surface area contributed by atoms with E-state index in [9.17, 15) is 14.7 Å². The second-order valence-corrected chi connectivity index (χ2v) is 9.92. The van der Waals surface area contributed by atoms with Crippen LogP contribution in [0.1, 0.15) is 75.2 Å². The first-order valence-corrected chi connectivity index (χ1v) is 12.9. The summed E-state index contributed by atoms with van der Waals surface area (Å²) >= 11 is 0. The topological polar surface area (TPSA) is 95.0 Å². The van der Waals surface area contributed by atoms with E-state index in [0.717, 1.165) is 19.3 Å². The SMILES string of the molecule is CCCNC(=O)N(C)C[C@H]1Oc2ncc(C#CC3CCCCC3)cc2C(=O)N([C@@H](C)CO)C[C@H]1C. The van der Waals surface area contributed by atoms with Crippen molar-refractivity contribution >= 4 is 11.9 Å². The molecular weight excluding hydrogens is 444 g/mol. The van der Waals surface area contributed by atoms with Crippen LogP contribution in [-0.2, 0) is 0 Å². The number of amides is 3. The van der Waals surface area contributed by atoms with Crippen molar-refractivity contribution < 1.29 is 19.4 Å². The van der Waals surface area contributed by atoms with Gasteiger partial charge in [-0.05, 0) is 32.3 Å². The Balaban J connectivity index is 1.89. The first kappa shape index (κ1) is 26.8. The maximum atomic E-state index is 13.5. The molecule has 3 amide bonds. The Labute approximate surface area is 209 Å². The van der Waals surface area contributed by atoms with Crippen LogP contribution in [0.15, 0.2) is 12.3 Å². The molecule has 3 atom stereocenters. The number of nitrogens with zero attached hydrogens (tertiary/aromatic N) is 3. The Bertz CT molecular complexity index is 935. The molecule has 35 heavy (non-hydrogen) atoms. The van der Waals surface area contributed by atoms with Crippen LogP contribution in [0.3, 0.4) is 0 Å².